The number of aryl methyl sites for hydroxylation is 10. The predicted molar refractivity (Wildman–Crippen MR) is 579 cm³/mol. The van der Waals surface area contributed by atoms with Crippen molar-refractivity contribution in [1.82, 2.24) is 61.2 Å². The van der Waals surface area contributed by atoms with Crippen molar-refractivity contribution in [2.75, 3.05) is 39.0 Å². The second-order valence-electron chi connectivity index (χ2n) is 47.6. The highest BCUT2D eigenvalue weighted by Gasteiger charge is 2.52. The van der Waals surface area contributed by atoms with Crippen molar-refractivity contribution in [3.05, 3.63) is 342 Å². The van der Waals surface area contributed by atoms with E-state index < -0.39 is 5.92 Å². The first-order chi connectivity index (χ1) is 70.5. The smallest absolute Gasteiger partial charge is 0.162 e. The van der Waals surface area contributed by atoms with Gasteiger partial charge in [0.05, 0.1) is 7.11 Å². The van der Waals surface area contributed by atoms with Crippen LogP contribution in [0.1, 0.15) is 337 Å². The number of fused-ring (bicyclic) bond motifs is 6. The van der Waals surface area contributed by atoms with Crippen LogP contribution in [0, 0.1) is 108 Å². The molecule has 766 valence electrons. The fourth-order valence-electron chi connectivity index (χ4n) is 26.2. The molecule has 12 heterocycles. The minimum atomic E-state index is -0.403. The van der Waals surface area contributed by atoms with Crippen LogP contribution in [-0.4, -0.2) is 103 Å². The summed E-state index contributed by atoms with van der Waals surface area (Å²) in [5.41, 5.74) is 35.1. The Morgan fingerprint density at radius 2 is 0.507 bits per heavy atom. The third-order valence-corrected chi connectivity index (χ3v) is 32.9. The minimum absolute atomic E-state index is 0.00959. The van der Waals surface area contributed by atoms with Crippen LogP contribution in [0.3, 0.4) is 0 Å². The normalized spacial score (nSPS) is 22.2. The molecule has 2 unspecified atom stereocenters. The highest BCUT2D eigenvalue weighted by Crippen LogP contribution is 2.60. The maximum absolute atomic E-state index is 14.6. The summed E-state index contributed by atoms with van der Waals surface area (Å²) in [6, 6.07) is 48.2. The molecule has 0 amide bonds. The van der Waals surface area contributed by atoms with Crippen LogP contribution < -0.4 is 36.6 Å². The second kappa shape index (κ2) is 38.7. The van der Waals surface area contributed by atoms with Crippen LogP contribution in [0.2, 0.25) is 0 Å². The lowest BCUT2D eigenvalue weighted by atomic mass is 9.62. The van der Waals surface area contributed by atoms with Gasteiger partial charge in [-0.2, -0.15) is 30.6 Å². The van der Waals surface area contributed by atoms with Crippen molar-refractivity contribution in [2.45, 2.75) is 283 Å². The molecule has 6 aliphatic heterocycles. The summed E-state index contributed by atoms with van der Waals surface area (Å²) in [6.45, 7) is 41.9. The van der Waals surface area contributed by atoms with Gasteiger partial charge in [-0.05, 0) is 221 Å². The van der Waals surface area contributed by atoms with Gasteiger partial charge in [-0.3, -0.25) is 59.4 Å². The van der Waals surface area contributed by atoms with E-state index in [0.717, 1.165) is 209 Å². The molecule has 25 nitrogen and oxygen atoms in total. The third kappa shape index (κ3) is 18.9. The number of benzene rings is 6. The van der Waals surface area contributed by atoms with Crippen molar-refractivity contribution in [2.24, 2.45) is 32.5 Å². The molecule has 12 aromatic rings. The molecule has 26 heteroatoms. The highest BCUT2D eigenvalue weighted by molar-refractivity contribution is 6.06. The van der Waals surface area contributed by atoms with Gasteiger partial charge in [0.25, 0.3) is 0 Å². The first-order valence-corrected chi connectivity index (χ1v) is 52.6. The monoisotopic (exact) mass is 1990 g/mol. The summed E-state index contributed by atoms with van der Waals surface area (Å²) in [6.07, 6.45) is 15.0. The Hall–Kier alpha value is -14.4. The average molecular weight is 1990 g/mol. The van der Waals surface area contributed by atoms with Gasteiger partial charge in [0.2, 0.25) is 0 Å². The minimum Gasteiger partial charge on any atom is -0.497 e. The number of hydrogen-bond donors (Lipinski definition) is 12. The number of ether oxygens (including phenoxy) is 1. The number of anilines is 6. The van der Waals surface area contributed by atoms with E-state index in [-0.39, 0.29) is 96.8 Å². The van der Waals surface area contributed by atoms with Crippen molar-refractivity contribution >= 4 is 69.6 Å². The first kappa shape index (κ1) is 101. The zero-order chi connectivity index (χ0) is 105. The maximum Gasteiger partial charge on any atom is 0.162 e. The summed E-state index contributed by atoms with van der Waals surface area (Å²) in [4.78, 5) is 78.7. The van der Waals surface area contributed by atoms with Crippen molar-refractivity contribution in [3.8, 4) is 5.75 Å². The molecule has 7 aliphatic carbocycles. The molecular weight excluding hydrogens is 1850 g/mol. The maximum atomic E-state index is 14.6. The number of methoxy groups -OCH3 is 1. The number of nitrogens with zero attached hydrogens (tertiary/aromatic N) is 6. The van der Waals surface area contributed by atoms with E-state index in [1.165, 1.54) is 82.7 Å². The van der Waals surface area contributed by atoms with E-state index in [0.29, 0.717) is 61.3 Å². The molecule has 12 N–H and O–H groups in total. The summed E-state index contributed by atoms with van der Waals surface area (Å²) in [7, 11) is 1.66. The molecule has 0 saturated heterocycles. The number of carbonyl (C=O) groups excluding carboxylic acids is 6. The van der Waals surface area contributed by atoms with Crippen molar-refractivity contribution in [3.63, 3.8) is 0 Å². The number of H-pyrrole nitrogens is 6. The lowest BCUT2D eigenvalue weighted by molar-refractivity contribution is -0.120. The molecule has 25 rings (SSSR count). The zero-order valence-corrected chi connectivity index (χ0v) is 89.3. The van der Waals surface area contributed by atoms with Crippen LogP contribution >= 0.6 is 0 Å². The van der Waals surface area contributed by atoms with Gasteiger partial charge < -0.3 is 36.6 Å². The summed E-state index contributed by atoms with van der Waals surface area (Å²) >= 11 is 0. The van der Waals surface area contributed by atoms with Crippen LogP contribution in [0.15, 0.2) is 213 Å². The Bertz CT molecular complexity index is 7050. The predicted octanol–water partition coefficient (Wildman–Crippen LogP) is 25.8. The molecule has 6 aromatic heterocycles. The standard InChI is InChI=1S/C23H27N3O.C20H23N3O2.3C20H23N3O.C19H20FN3O/c1-14-8-4-5-9-16(14)20-19-15(2)25-26-22(19)24-17-12-23(10-6-3-7-11-23)13-18(27)21(17)20;1-11-16-17(12-6-5-7-13(8-12)25-4)18-14(21-19(16)23-22-11)9-20(2,3)10-15(18)24;3*1-11-7-5-6-8-13(11)17-16-12(2)22-23-19(16)21-14-9-20(3,4)10-15(24)18(14)17;1-10-15-16(11-6-4-5-7-12(11)20)17-13(21-18(15)23-22-10)8-19(2,3)9-14(17)24/h4-5,8-9,20H,3,6-7,10-13H2,1-2H3,(H2,24,25,26);5-8,17H,9-10H2,1-4H3,(H2,21,22,23);3*5-8,17H,9-10H2,1-4H3,(H2,21,22,23);4-7,16H,8-9H2,1-3H3,(H2,21,22,23)/t;3*17-;;16-/m.110.1/s1. The Kier molecular flexibility index (Phi) is 26.4. The molecule has 1 saturated carbocycles. The largest absolute Gasteiger partial charge is 0.497 e. The van der Waals surface area contributed by atoms with E-state index in [1.54, 1.807) is 19.2 Å². The Morgan fingerprint density at radius 3 is 0.777 bits per heavy atom. The first-order valence-electron chi connectivity index (χ1n) is 52.6. The highest BCUT2D eigenvalue weighted by atomic mass is 19.1. The zero-order valence-electron chi connectivity index (χ0n) is 89.3. The third-order valence-electron chi connectivity index (χ3n) is 32.9. The quantitative estimate of drug-likeness (QED) is 0.0705. The number of halogens is 1. The topological polar surface area (TPSA) is 356 Å². The van der Waals surface area contributed by atoms with Gasteiger partial charge >= 0.3 is 0 Å². The van der Waals surface area contributed by atoms with Crippen LogP contribution in [0.5, 0.6) is 5.75 Å². The molecule has 148 heavy (non-hydrogen) atoms. The van der Waals surface area contributed by atoms with E-state index in [4.69, 9.17) is 4.74 Å². The Balaban J connectivity index is 0.000000108. The molecule has 6 atom stereocenters. The molecule has 0 radical (unpaired) electrons. The number of allylic oxidation sites excluding steroid dienone is 12. The van der Waals surface area contributed by atoms with Gasteiger partial charge in [-0.1, -0.05) is 216 Å². The van der Waals surface area contributed by atoms with Crippen LogP contribution in [0.25, 0.3) is 0 Å². The average Bonchev–Trinajstić information content (AvgIpc) is 1.40. The number of aromatic amines is 6. The van der Waals surface area contributed by atoms with Gasteiger partial charge in [-0.15, -0.1) is 0 Å². The second-order valence-corrected chi connectivity index (χ2v) is 47.6. The van der Waals surface area contributed by atoms with Crippen LogP contribution in [-0.2, 0) is 28.8 Å². The van der Waals surface area contributed by atoms with Crippen LogP contribution in [0.4, 0.5) is 39.3 Å². The van der Waals surface area contributed by atoms with E-state index >= 15 is 0 Å². The molecule has 1 spiro atoms. The Labute approximate surface area is 866 Å². The molecule has 13 aliphatic rings. The van der Waals surface area contributed by atoms with Crippen molar-refractivity contribution in [1.29, 1.82) is 0 Å². The SMILES string of the molecule is COc1cccc([C@H]2C3=C(CC(C)(C)CC3=O)Nc3n[nH]c(C)c32)c1.Cc1[nH]nc2c1[C@@H](c1ccccc1F)C1=C(CC(C)(C)CC1=O)N2.Cc1ccccc1C1C2=C(CC(C)(C)CC2=O)Nc2n[nH]c(C)c21.Cc1ccccc1C1C2=C(CC3(CCCCC3)CC2=O)Nc2n[nH]c(C)c21.Cc1ccccc1[C@@H]1C2=C(CC(C)(C)CC2=O)Nc2n[nH]c(C)c21.Cc1ccccc1[C@H]1C2=C(CC(C)(C)CC2=O)Nc2n[nH]c(C)c21. The van der Waals surface area contributed by atoms with Gasteiger partial charge in [-0.25, -0.2) is 4.39 Å². The summed E-state index contributed by atoms with van der Waals surface area (Å²) in [5.74, 6) is 6.35. The summed E-state index contributed by atoms with van der Waals surface area (Å²) < 4.78 is 20.0. The molecule has 1 fully saturated rings. The molecular formula is C122H139FN18O7. The number of hydrogen-bond acceptors (Lipinski definition) is 19. The van der Waals surface area contributed by atoms with E-state index in [2.05, 4.69) is 282 Å². The molecule has 0 bridgehead atoms. The van der Waals surface area contributed by atoms with Gasteiger partial charge in [0, 0.05) is 215 Å². The number of rotatable bonds is 7. The lowest BCUT2D eigenvalue weighted by Gasteiger charge is -2.44. The number of carbonyl (C=O) groups is 6. The number of Topliss-reactive ketones (excluding diaryl/α,β-unsaturated/α-hetero) is 6. The fraction of sp³-hybridized carbons (Fsp3) is 0.410. The number of aromatic nitrogens is 12. The lowest BCUT2D eigenvalue weighted by Crippen LogP contribution is -2.38. The van der Waals surface area contributed by atoms with Gasteiger partial charge in [0.15, 0.2) is 69.6 Å². The van der Waals surface area contributed by atoms with Crippen molar-refractivity contribution < 1.29 is 37.9 Å². The van der Waals surface area contributed by atoms with E-state index in [1.807, 2.05) is 77.1 Å². The fourth-order valence-corrected chi connectivity index (χ4v) is 26.2. The van der Waals surface area contributed by atoms with E-state index in [9.17, 15) is 33.2 Å². The van der Waals surface area contributed by atoms with Gasteiger partial charge in [0.1, 0.15) is 11.6 Å². The number of ketones is 6. The summed E-state index contributed by atoms with van der Waals surface area (Å²) in [5, 5.41) is 65.7. The number of nitrogens with one attached hydrogen (secondary N) is 12. The molecule has 6 aromatic carbocycles. The Morgan fingerprint density at radius 1 is 0.270 bits per heavy atom.